The van der Waals surface area contributed by atoms with Crippen LogP contribution in [-0.4, -0.2) is 49.3 Å². The second kappa shape index (κ2) is 10.2. The zero-order chi connectivity index (χ0) is 24.9. The fourth-order valence-electron chi connectivity index (χ4n) is 3.83. The largest absolute Gasteiger partial charge is 0.354 e. The first-order valence-corrected chi connectivity index (χ1v) is 11.0. The van der Waals surface area contributed by atoms with Crippen LogP contribution in [0.25, 0.3) is 11.3 Å². The monoisotopic (exact) mass is 471 g/mol. The van der Waals surface area contributed by atoms with E-state index in [9.17, 15) is 19.7 Å². The van der Waals surface area contributed by atoms with E-state index in [1.807, 2.05) is 73.6 Å². The van der Waals surface area contributed by atoms with Gasteiger partial charge in [-0.25, -0.2) is 0 Å². The normalized spacial score (nSPS) is 13.7. The van der Waals surface area contributed by atoms with E-state index in [-0.39, 0.29) is 11.6 Å². The Balaban J connectivity index is 1.73. The van der Waals surface area contributed by atoms with Gasteiger partial charge in [0.1, 0.15) is 0 Å². The Labute approximate surface area is 202 Å². The standard InChI is InChI=1S/C26H25N5O4/c1-29(2)14-15-30(17-32)20-10-8-19(9-11-20)27-25(18-6-4-3-5-7-18)24-22-16-21(31(34)35)12-13-23(22)28-26(24)33/h3-13,16-17,27H,14-15H2,1-2H3,(H,28,33)/b25-24-. The van der Waals surface area contributed by atoms with Gasteiger partial charge >= 0.3 is 0 Å². The molecule has 0 bridgehead atoms. The maximum Gasteiger partial charge on any atom is 0.270 e. The van der Waals surface area contributed by atoms with Crippen molar-refractivity contribution in [3.8, 4) is 0 Å². The van der Waals surface area contributed by atoms with Crippen LogP contribution in [-0.2, 0) is 9.59 Å². The molecule has 2 N–H and O–H groups in total. The molecule has 3 aromatic carbocycles. The number of amides is 2. The van der Waals surface area contributed by atoms with Gasteiger partial charge in [-0.05, 0) is 50.0 Å². The predicted molar refractivity (Wildman–Crippen MR) is 137 cm³/mol. The van der Waals surface area contributed by atoms with Crippen molar-refractivity contribution >= 4 is 46.3 Å². The van der Waals surface area contributed by atoms with Gasteiger partial charge in [-0.2, -0.15) is 0 Å². The molecule has 0 spiro atoms. The summed E-state index contributed by atoms with van der Waals surface area (Å²) in [4.78, 5) is 39.1. The van der Waals surface area contributed by atoms with Gasteiger partial charge in [0.15, 0.2) is 0 Å². The smallest absolute Gasteiger partial charge is 0.270 e. The summed E-state index contributed by atoms with van der Waals surface area (Å²) in [5, 5.41) is 17.5. The summed E-state index contributed by atoms with van der Waals surface area (Å²) in [6, 6.07) is 20.9. The van der Waals surface area contributed by atoms with Crippen molar-refractivity contribution in [1.82, 2.24) is 4.90 Å². The highest BCUT2D eigenvalue weighted by atomic mass is 16.6. The van der Waals surface area contributed by atoms with E-state index in [1.54, 1.807) is 4.90 Å². The summed E-state index contributed by atoms with van der Waals surface area (Å²) in [5.41, 5.74) is 3.93. The molecule has 0 aromatic heterocycles. The van der Waals surface area contributed by atoms with Gasteiger partial charge in [-0.15, -0.1) is 0 Å². The number of nitrogens with one attached hydrogen (secondary N) is 2. The molecule has 0 aliphatic carbocycles. The van der Waals surface area contributed by atoms with Crippen LogP contribution < -0.4 is 15.5 Å². The summed E-state index contributed by atoms with van der Waals surface area (Å²) in [5.74, 6) is -0.348. The molecule has 0 fully saturated rings. The van der Waals surface area contributed by atoms with Crippen LogP contribution in [0, 0.1) is 10.1 Å². The number of likely N-dealkylation sites (N-methyl/N-ethyl adjacent to an activating group) is 1. The topological polar surface area (TPSA) is 108 Å². The third-order valence-electron chi connectivity index (χ3n) is 5.65. The van der Waals surface area contributed by atoms with Gasteiger partial charge in [-0.1, -0.05) is 30.3 Å². The maximum absolute atomic E-state index is 13.0. The molecule has 0 unspecified atom stereocenters. The molecule has 1 heterocycles. The lowest BCUT2D eigenvalue weighted by Crippen LogP contribution is -2.30. The van der Waals surface area contributed by atoms with Gasteiger partial charge in [0, 0.05) is 47.8 Å². The molecule has 0 radical (unpaired) electrons. The van der Waals surface area contributed by atoms with Gasteiger partial charge in [0.2, 0.25) is 6.41 Å². The van der Waals surface area contributed by atoms with Crippen molar-refractivity contribution in [3.63, 3.8) is 0 Å². The first-order chi connectivity index (χ1) is 16.9. The molecule has 0 saturated carbocycles. The molecule has 0 atom stereocenters. The van der Waals surface area contributed by atoms with E-state index in [0.29, 0.717) is 34.8 Å². The van der Waals surface area contributed by atoms with Crippen molar-refractivity contribution < 1.29 is 14.5 Å². The number of non-ortho nitro benzene ring substituents is 1. The predicted octanol–water partition coefficient (Wildman–Crippen LogP) is 4.05. The average molecular weight is 472 g/mol. The number of rotatable bonds is 9. The number of hydrogen-bond acceptors (Lipinski definition) is 6. The van der Waals surface area contributed by atoms with Crippen LogP contribution in [0.15, 0.2) is 72.8 Å². The molecular formula is C26H25N5O4. The second-order valence-corrected chi connectivity index (χ2v) is 8.33. The van der Waals surface area contributed by atoms with Crippen molar-refractivity contribution in [1.29, 1.82) is 0 Å². The number of carbonyl (C=O) groups is 2. The van der Waals surface area contributed by atoms with Crippen LogP contribution in [0.4, 0.5) is 22.7 Å². The third-order valence-corrected chi connectivity index (χ3v) is 5.65. The minimum Gasteiger partial charge on any atom is -0.354 e. The lowest BCUT2D eigenvalue weighted by Gasteiger charge is -2.20. The van der Waals surface area contributed by atoms with E-state index in [4.69, 9.17) is 0 Å². The Bertz CT molecular complexity index is 1290. The van der Waals surface area contributed by atoms with E-state index >= 15 is 0 Å². The number of benzene rings is 3. The highest BCUT2D eigenvalue weighted by Crippen LogP contribution is 2.39. The molecule has 9 nitrogen and oxygen atoms in total. The van der Waals surface area contributed by atoms with Gasteiger partial charge in [0.05, 0.1) is 16.2 Å². The van der Waals surface area contributed by atoms with Gasteiger partial charge in [-0.3, -0.25) is 19.7 Å². The number of carbonyl (C=O) groups excluding carboxylic acids is 2. The first kappa shape index (κ1) is 23.7. The summed E-state index contributed by atoms with van der Waals surface area (Å²) in [6.07, 6.45) is 0.802. The van der Waals surface area contributed by atoms with Crippen LogP contribution in [0.1, 0.15) is 11.1 Å². The van der Waals surface area contributed by atoms with Crippen LogP contribution >= 0.6 is 0 Å². The minimum absolute atomic E-state index is 0.0961. The summed E-state index contributed by atoms with van der Waals surface area (Å²) in [7, 11) is 3.89. The highest BCUT2D eigenvalue weighted by molar-refractivity contribution is 6.37. The van der Waals surface area contributed by atoms with Gasteiger partial charge in [0.25, 0.3) is 11.6 Å². The number of hydrogen-bond donors (Lipinski definition) is 2. The number of anilines is 3. The van der Waals surface area contributed by atoms with Crippen LogP contribution in [0.2, 0.25) is 0 Å². The summed E-state index contributed by atoms with van der Waals surface area (Å²) < 4.78 is 0. The molecule has 178 valence electrons. The lowest BCUT2D eigenvalue weighted by molar-refractivity contribution is -0.384. The summed E-state index contributed by atoms with van der Waals surface area (Å²) >= 11 is 0. The van der Waals surface area contributed by atoms with E-state index in [0.717, 1.165) is 24.2 Å². The molecule has 2 amide bonds. The Morgan fingerprint density at radius 1 is 1.03 bits per heavy atom. The summed E-state index contributed by atoms with van der Waals surface area (Å²) in [6.45, 7) is 1.28. The van der Waals surface area contributed by atoms with E-state index in [1.165, 1.54) is 18.2 Å². The Kier molecular flexibility index (Phi) is 6.88. The Hall–Kier alpha value is -4.50. The Morgan fingerprint density at radius 3 is 2.37 bits per heavy atom. The first-order valence-electron chi connectivity index (χ1n) is 11.0. The zero-order valence-electron chi connectivity index (χ0n) is 19.4. The molecule has 1 aliphatic heterocycles. The van der Waals surface area contributed by atoms with Crippen molar-refractivity contribution in [2.45, 2.75) is 0 Å². The van der Waals surface area contributed by atoms with E-state index < -0.39 is 4.92 Å². The quantitative estimate of drug-likeness (QED) is 0.211. The van der Waals surface area contributed by atoms with Crippen molar-refractivity contribution in [2.24, 2.45) is 0 Å². The lowest BCUT2D eigenvalue weighted by atomic mass is 9.99. The molecule has 3 aromatic rings. The highest BCUT2D eigenvalue weighted by Gasteiger charge is 2.30. The molecule has 1 aliphatic rings. The molecule has 0 saturated heterocycles. The van der Waals surface area contributed by atoms with Crippen molar-refractivity contribution in [3.05, 3.63) is 94.0 Å². The number of nitro groups is 1. The second-order valence-electron chi connectivity index (χ2n) is 8.33. The van der Waals surface area contributed by atoms with Gasteiger partial charge < -0.3 is 20.4 Å². The number of nitro benzene ring substituents is 1. The minimum atomic E-state index is -0.482. The fraction of sp³-hybridized carbons (Fsp3) is 0.154. The van der Waals surface area contributed by atoms with Crippen LogP contribution in [0.3, 0.4) is 0 Å². The van der Waals surface area contributed by atoms with Crippen LogP contribution in [0.5, 0.6) is 0 Å². The molecule has 35 heavy (non-hydrogen) atoms. The fourth-order valence-corrected chi connectivity index (χ4v) is 3.83. The maximum atomic E-state index is 13.0. The SMILES string of the molecule is CN(C)CCN(C=O)c1ccc(N/C(=C2\C(=O)Nc3ccc([N+](=O)[O-])cc32)c2ccccc2)cc1. The number of nitrogens with zero attached hydrogens (tertiary/aromatic N) is 3. The zero-order valence-corrected chi connectivity index (χ0v) is 19.4. The van der Waals surface area contributed by atoms with E-state index in [2.05, 4.69) is 10.6 Å². The molecule has 4 rings (SSSR count). The number of fused-ring (bicyclic) bond motifs is 1. The molecular weight excluding hydrogens is 446 g/mol. The average Bonchev–Trinajstić information content (AvgIpc) is 3.18. The third kappa shape index (κ3) is 5.20. The molecule has 9 heteroatoms. The Morgan fingerprint density at radius 2 is 1.74 bits per heavy atom. The van der Waals surface area contributed by atoms with Crippen molar-refractivity contribution in [2.75, 3.05) is 42.7 Å².